The monoisotopic (exact) mass is 296 g/mol. The fraction of sp³-hybridized carbons (Fsp3) is 0.333. The van der Waals surface area contributed by atoms with Crippen molar-refractivity contribution in [3.63, 3.8) is 0 Å². The number of ether oxygens (including phenoxy) is 1. The topological polar surface area (TPSA) is 42.4 Å². The predicted octanol–water partition coefficient (Wildman–Crippen LogP) is 3.46. The van der Waals surface area contributed by atoms with Crippen molar-refractivity contribution in [2.24, 2.45) is 0 Å². The molecule has 0 spiro atoms. The van der Waals surface area contributed by atoms with Crippen LogP contribution in [-0.2, 0) is 0 Å². The van der Waals surface area contributed by atoms with Crippen LogP contribution in [0.3, 0.4) is 0 Å². The van der Waals surface area contributed by atoms with Crippen LogP contribution in [0.4, 0.5) is 0 Å². The zero-order chi connectivity index (χ0) is 15.4. The van der Waals surface area contributed by atoms with Crippen LogP contribution in [-0.4, -0.2) is 29.4 Å². The molecule has 22 heavy (non-hydrogen) atoms. The van der Waals surface area contributed by atoms with Gasteiger partial charge < -0.3 is 9.64 Å². The Morgan fingerprint density at radius 1 is 1.18 bits per heavy atom. The molecule has 2 heterocycles. The lowest BCUT2D eigenvalue weighted by Gasteiger charge is -2.36. The zero-order valence-corrected chi connectivity index (χ0v) is 12.7. The first-order valence-corrected chi connectivity index (χ1v) is 7.65. The van der Waals surface area contributed by atoms with E-state index in [9.17, 15) is 4.79 Å². The first-order chi connectivity index (χ1) is 10.8. The maximum Gasteiger partial charge on any atom is 0.254 e. The minimum Gasteiger partial charge on any atom is -0.481 e. The molecule has 0 saturated carbocycles. The van der Waals surface area contributed by atoms with Crippen molar-refractivity contribution in [1.29, 1.82) is 0 Å². The van der Waals surface area contributed by atoms with Crippen LogP contribution in [0.5, 0.6) is 5.88 Å². The highest BCUT2D eigenvalue weighted by Crippen LogP contribution is 2.32. The quantitative estimate of drug-likeness (QED) is 0.871. The highest BCUT2D eigenvalue weighted by atomic mass is 16.5. The molecule has 0 N–H and O–H groups in total. The molecule has 1 aromatic carbocycles. The fourth-order valence-electron chi connectivity index (χ4n) is 2.98. The van der Waals surface area contributed by atoms with Crippen LogP contribution in [0.1, 0.15) is 41.2 Å². The normalized spacial score (nSPS) is 18.0. The van der Waals surface area contributed by atoms with Gasteiger partial charge in [0.1, 0.15) is 0 Å². The average molecular weight is 296 g/mol. The molecule has 0 aliphatic carbocycles. The molecule has 1 aliphatic rings. The number of nitrogens with zero attached hydrogens (tertiary/aromatic N) is 2. The van der Waals surface area contributed by atoms with E-state index in [2.05, 4.69) is 4.98 Å². The molecule has 0 bridgehead atoms. The van der Waals surface area contributed by atoms with Gasteiger partial charge in [-0.05, 0) is 37.0 Å². The summed E-state index contributed by atoms with van der Waals surface area (Å²) in [6.45, 7) is 0.796. The van der Waals surface area contributed by atoms with E-state index in [-0.39, 0.29) is 11.9 Å². The van der Waals surface area contributed by atoms with Gasteiger partial charge in [0.2, 0.25) is 5.88 Å². The van der Waals surface area contributed by atoms with Crippen LogP contribution in [0.25, 0.3) is 0 Å². The SMILES string of the molecule is COc1ccc([C@H]2CCCCN2C(=O)c2ccccc2)cn1. The summed E-state index contributed by atoms with van der Waals surface area (Å²) < 4.78 is 5.11. The number of likely N-dealkylation sites (tertiary alicyclic amines) is 1. The number of rotatable bonds is 3. The summed E-state index contributed by atoms with van der Waals surface area (Å²) in [4.78, 5) is 19.0. The Kier molecular flexibility index (Phi) is 4.37. The number of hydrogen-bond acceptors (Lipinski definition) is 3. The van der Waals surface area contributed by atoms with E-state index in [4.69, 9.17) is 4.74 Å². The molecule has 114 valence electrons. The van der Waals surface area contributed by atoms with Gasteiger partial charge in [-0.15, -0.1) is 0 Å². The Morgan fingerprint density at radius 2 is 2.00 bits per heavy atom. The van der Waals surface area contributed by atoms with Crippen molar-refractivity contribution in [1.82, 2.24) is 9.88 Å². The van der Waals surface area contributed by atoms with Crippen LogP contribution in [0, 0.1) is 0 Å². The van der Waals surface area contributed by atoms with Crippen molar-refractivity contribution < 1.29 is 9.53 Å². The largest absolute Gasteiger partial charge is 0.481 e. The third-order valence-electron chi connectivity index (χ3n) is 4.14. The maximum atomic E-state index is 12.8. The van der Waals surface area contributed by atoms with Gasteiger partial charge in [0.05, 0.1) is 13.2 Å². The van der Waals surface area contributed by atoms with Gasteiger partial charge in [0, 0.05) is 24.4 Å². The third kappa shape index (κ3) is 2.96. The number of carbonyl (C=O) groups excluding carboxylic acids is 1. The van der Waals surface area contributed by atoms with Gasteiger partial charge in [-0.1, -0.05) is 24.3 Å². The summed E-state index contributed by atoms with van der Waals surface area (Å²) in [5.74, 6) is 0.696. The van der Waals surface area contributed by atoms with Crippen molar-refractivity contribution in [2.45, 2.75) is 25.3 Å². The first-order valence-electron chi connectivity index (χ1n) is 7.65. The Hall–Kier alpha value is -2.36. The minimum absolute atomic E-state index is 0.0971. The summed E-state index contributed by atoms with van der Waals surface area (Å²) in [6, 6.07) is 13.4. The van der Waals surface area contributed by atoms with E-state index in [1.807, 2.05) is 53.6 Å². The molecule has 1 amide bonds. The lowest BCUT2D eigenvalue weighted by molar-refractivity contribution is 0.0611. The molecular weight excluding hydrogens is 276 g/mol. The highest BCUT2D eigenvalue weighted by Gasteiger charge is 2.28. The molecule has 2 aromatic rings. The minimum atomic E-state index is 0.0971. The van der Waals surface area contributed by atoms with Gasteiger partial charge in [-0.2, -0.15) is 0 Å². The summed E-state index contributed by atoms with van der Waals surface area (Å²) in [5, 5.41) is 0. The molecule has 0 unspecified atom stereocenters. The average Bonchev–Trinajstić information content (AvgIpc) is 2.62. The van der Waals surface area contributed by atoms with Gasteiger partial charge in [-0.25, -0.2) is 4.98 Å². The Balaban J connectivity index is 1.86. The van der Waals surface area contributed by atoms with Gasteiger partial charge >= 0.3 is 0 Å². The number of hydrogen-bond donors (Lipinski definition) is 0. The second-order valence-electron chi connectivity index (χ2n) is 5.51. The number of amides is 1. The second-order valence-corrected chi connectivity index (χ2v) is 5.51. The number of methoxy groups -OCH3 is 1. The van der Waals surface area contributed by atoms with Crippen LogP contribution < -0.4 is 4.74 Å². The number of benzene rings is 1. The molecule has 0 radical (unpaired) electrons. The van der Waals surface area contributed by atoms with Gasteiger partial charge in [-0.3, -0.25) is 4.79 Å². The van der Waals surface area contributed by atoms with Crippen molar-refractivity contribution in [2.75, 3.05) is 13.7 Å². The molecule has 1 saturated heterocycles. The fourth-order valence-corrected chi connectivity index (χ4v) is 2.98. The first kappa shape index (κ1) is 14.6. The van der Waals surface area contributed by atoms with Gasteiger partial charge in [0.15, 0.2) is 0 Å². The molecule has 1 fully saturated rings. The van der Waals surface area contributed by atoms with E-state index >= 15 is 0 Å². The Bertz CT molecular complexity index is 625. The van der Waals surface area contributed by atoms with E-state index < -0.39 is 0 Å². The smallest absolute Gasteiger partial charge is 0.254 e. The number of pyridine rings is 1. The van der Waals surface area contributed by atoms with Crippen LogP contribution in [0.15, 0.2) is 48.7 Å². The number of piperidine rings is 1. The summed E-state index contributed by atoms with van der Waals surface area (Å²) in [5.41, 5.74) is 1.82. The lowest BCUT2D eigenvalue weighted by Crippen LogP contribution is -2.38. The summed E-state index contributed by atoms with van der Waals surface area (Å²) in [6.07, 6.45) is 4.99. The third-order valence-corrected chi connectivity index (χ3v) is 4.14. The maximum absolute atomic E-state index is 12.8. The standard InChI is InChI=1S/C18H20N2O2/c1-22-17-11-10-15(13-19-17)16-9-5-6-12-20(16)18(21)14-7-3-2-4-8-14/h2-4,7-8,10-11,13,16H,5-6,9,12H2,1H3/t16-/m1/s1. The Labute approximate surface area is 130 Å². The number of aromatic nitrogens is 1. The number of carbonyl (C=O) groups is 1. The zero-order valence-electron chi connectivity index (χ0n) is 12.7. The van der Waals surface area contributed by atoms with E-state index in [0.717, 1.165) is 36.9 Å². The van der Waals surface area contributed by atoms with Crippen molar-refractivity contribution >= 4 is 5.91 Å². The Morgan fingerprint density at radius 3 is 2.68 bits per heavy atom. The molecule has 4 nitrogen and oxygen atoms in total. The lowest BCUT2D eigenvalue weighted by atomic mass is 9.95. The van der Waals surface area contributed by atoms with Crippen LogP contribution in [0.2, 0.25) is 0 Å². The predicted molar refractivity (Wildman–Crippen MR) is 84.9 cm³/mol. The molecule has 3 rings (SSSR count). The molecule has 4 heteroatoms. The van der Waals surface area contributed by atoms with Crippen LogP contribution >= 0.6 is 0 Å². The van der Waals surface area contributed by atoms with E-state index in [0.29, 0.717) is 5.88 Å². The van der Waals surface area contributed by atoms with Gasteiger partial charge in [0.25, 0.3) is 5.91 Å². The molecule has 1 aliphatic heterocycles. The van der Waals surface area contributed by atoms with Crippen molar-refractivity contribution in [3.05, 3.63) is 59.8 Å². The molecule has 1 aromatic heterocycles. The van der Waals surface area contributed by atoms with E-state index in [1.165, 1.54) is 0 Å². The molecule has 1 atom stereocenters. The summed E-state index contributed by atoms with van der Waals surface area (Å²) >= 11 is 0. The second kappa shape index (κ2) is 6.60. The van der Waals surface area contributed by atoms with E-state index in [1.54, 1.807) is 7.11 Å². The summed E-state index contributed by atoms with van der Waals surface area (Å²) in [7, 11) is 1.61. The highest BCUT2D eigenvalue weighted by molar-refractivity contribution is 5.94. The molecular formula is C18H20N2O2. The van der Waals surface area contributed by atoms with Crippen molar-refractivity contribution in [3.8, 4) is 5.88 Å².